The zero-order valence-corrected chi connectivity index (χ0v) is 13.9. The maximum Gasteiger partial charge on any atom is 0.435 e. The van der Waals surface area contributed by atoms with Gasteiger partial charge in [0, 0.05) is 17.6 Å². The number of carbonyl (C=O) groups excluding carboxylic acids is 1. The fourth-order valence-electron chi connectivity index (χ4n) is 1.72. The van der Waals surface area contributed by atoms with Gasteiger partial charge in [-0.3, -0.25) is 4.79 Å². The molecule has 3 N–H and O–H groups in total. The molecule has 0 saturated carbocycles. The molecule has 0 unspecified atom stereocenters. The van der Waals surface area contributed by atoms with Crippen LogP contribution in [0.15, 0.2) is 28.7 Å². The number of nitrogens with one attached hydrogen (secondary N) is 1. The van der Waals surface area contributed by atoms with E-state index in [0.29, 0.717) is 9.15 Å². The molecular formula is C12H12BrClF3N5O. The van der Waals surface area contributed by atoms with Gasteiger partial charge in [0.05, 0.1) is 5.69 Å². The Labute approximate surface area is 143 Å². The molecular weight excluding hydrogens is 403 g/mol. The zero-order valence-electron chi connectivity index (χ0n) is 11.5. The minimum Gasteiger partial charge on any atom is -0.349 e. The van der Waals surface area contributed by atoms with Crippen molar-refractivity contribution in [2.75, 3.05) is 13.1 Å². The summed E-state index contributed by atoms with van der Waals surface area (Å²) in [4.78, 5) is 11.8. The minimum atomic E-state index is -4.79. The van der Waals surface area contributed by atoms with E-state index in [2.05, 4.69) is 31.6 Å². The van der Waals surface area contributed by atoms with Crippen LogP contribution >= 0.6 is 28.3 Å². The van der Waals surface area contributed by atoms with Gasteiger partial charge < -0.3 is 11.1 Å². The average Bonchev–Trinajstić information content (AvgIpc) is 2.90. The van der Waals surface area contributed by atoms with E-state index < -0.39 is 23.5 Å². The number of nitrogens with zero attached hydrogens (tertiary/aromatic N) is 3. The lowest BCUT2D eigenvalue weighted by Crippen LogP contribution is -2.31. The Hall–Kier alpha value is -1.65. The molecule has 0 spiro atoms. The number of hydrogen-bond donors (Lipinski definition) is 2. The molecule has 2 aromatic rings. The predicted octanol–water partition coefficient (Wildman–Crippen LogP) is 2.16. The molecule has 1 amide bonds. The van der Waals surface area contributed by atoms with Crippen molar-refractivity contribution in [2.24, 2.45) is 5.73 Å². The van der Waals surface area contributed by atoms with E-state index in [1.165, 1.54) is 12.1 Å². The van der Waals surface area contributed by atoms with Crippen LogP contribution in [0, 0.1) is 0 Å². The van der Waals surface area contributed by atoms with E-state index in [4.69, 9.17) is 5.73 Å². The Bertz CT molecular complexity index is 674. The Kier molecular flexibility index (Phi) is 6.54. The second-order valence-electron chi connectivity index (χ2n) is 4.22. The lowest BCUT2D eigenvalue weighted by molar-refractivity contribution is -0.143. The third kappa shape index (κ3) is 4.43. The van der Waals surface area contributed by atoms with Crippen molar-refractivity contribution in [3.63, 3.8) is 0 Å². The molecule has 0 atom stereocenters. The third-order valence-corrected chi connectivity index (χ3v) is 3.18. The first-order valence-electron chi connectivity index (χ1n) is 6.11. The Morgan fingerprint density at radius 3 is 2.43 bits per heavy atom. The van der Waals surface area contributed by atoms with Crippen molar-refractivity contribution in [2.45, 2.75) is 6.18 Å². The maximum atomic E-state index is 13.3. The Morgan fingerprint density at radius 2 is 1.91 bits per heavy atom. The van der Waals surface area contributed by atoms with Gasteiger partial charge >= 0.3 is 6.18 Å². The van der Waals surface area contributed by atoms with Gasteiger partial charge in [-0.05, 0) is 24.3 Å². The van der Waals surface area contributed by atoms with E-state index in [9.17, 15) is 18.0 Å². The van der Waals surface area contributed by atoms with Gasteiger partial charge in [-0.25, -0.2) is 4.68 Å². The van der Waals surface area contributed by atoms with Crippen molar-refractivity contribution >= 4 is 34.2 Å². The highest BCUT2D eigenvalue weighted by Crippen LogP contribution is 2.32. The highest BCUT2D eigenvalue weighted by molar-refractivity contribution is 9.10. The molecule has 6 nitrogen and oxygen atoms in total. The maximum absolute atomic E-state index is 13.3. The predicted molar refractivity (Wildman–Crippen MR) is 82.7 cm³/mol. The molecule has 0 bridgehead atoms. The van der Waals surface area contributed by atoms with Crippen LogP contribution in [0.4, 0.5) is 13.2 Å². The number of carbonyl (C=O) groups is 1. The second kappa shape index (κ2) is 7.75. The van der Waals surface area contributed by atoms with Crippen molar-refractivity contribution in [1.29, 1.82) is 0 Å². The van der Waals surface area contributed by atoms with Crippen LogP contribution in [0.25, 0.3) is 5.69 Å². The number of hydrogen-bond acceptors (Lipinski definition) is 4. The first-order chi connectivity index (χ1) is 10.3. The monoisotopic (exact) mass is 413 g/mol. The van der Waals surface area contributed by atoms with Crippen LogP contribution in [-0.4, -0.2) is 34.0 Å². The molecule has 0 aliphatic rings. The van der Waals surface area contributed by atoms with Gasteiger partial charge in [0.2, 0.25) is 0 Å². The summed E-state index contributed by atoms with van der Waals surface area (Å²) in [7, 11) is 0. The number of benzene rings is 1. The summed E-state index contributed by atoms with van der Waals surface area (Å²) in [6, 6.07) is 5.97. The van der Waals surface area contributed by atoms with Crippen LogP contribution in [0.2, 0.25) is 0 Å². The van der Waals surface area contributed by atoms with Crippen molar-refractivity contribution in [3.8, 4) is 5.69 Å². The second-order valence-corrected chi connectivity index (χ2v) is 5.13. The summed E-state index contributed by atoms with van der Waals surface area (Å²) < 4.78 is 41.1. The van der Waals surface area contributed by atoms with Crippen molar-refractivity contribution in [1.82, 2.24) is 20.3 Å². The number of amides is 1. The first kappa shape index (κ1) is 19.4. The van der Waals surface area contributed by atoms with Crippen LogP contribution in [-0.2, 0) is 6.18 Å². The van der Waals surface area contributed by atoms with Crippen molar-refractivity contribution in [3.05, 3.63) is 40.1 Å². The normalized spacial score (nSPS) is 11.0. The number of aromatic nitrogens is 3. The summed E-state index contributed by atoms with van der Waals surface area (Å²) in [6.07, 6.45) is -4.79. The molecule has 0 saturated heterocycles. The summed E-state index contributed by atoms with van der Waals surface area (Å²) in [5.74, 6) is -0.971. The fraction of sp³-hybridized carbons (Fsp3) is 0.250. The lowest BCUT2D eigenvalue weighted by atomic mass is 10.2. The smallest absolute Gasteiger partial charge is 0.349 e. The molecule has 0 aliphatic carbocycles. The average molecular weight is 415 g/mol. The topological polar surface area (TPSA) is 85.8 Å². The van der Waals surface area contributed by atoms with Gasteiger partial charge in [0.25, 0.3) is 5.91 Å². The van der Waals surface area contributed by atoms with E-state index in [1.54, 1.807) is 12.1 Å². The molecule has 126 valence electrons. The van der Waals surface area contributed by atoms with Gasteiger partial charge in [-0.2, -0.15) is 13.2 Å². The molecule has 11 heteroatoms. The summed E-state index contributed by atoms with van der Waals surface area (Å²) in [5, 5.41) is 9.06. The van der Waals surface area contributed by atoms with Crippen molar-refractivity contribution < 1.29 is 18.0 Å². The minimum absolute atomic E-state index is 0. The van der Waals surface area contributed by atoms with E-state index in [1.807, 2.05) is 0 Å². The van der Waals surface area contributed by atoms with E-state index >= 15 is 0 Å². The van der Waals surface area contributed by atoms with E-state index in [0.717, 1.165) is 0 Å². The number of nitrogens with two attached hydrogens (primary N) is 1. The number of halogens is 5. The molecule has 1 aromatic carbocycles. The standard InChI is InChI=1S/C12H11BrF3N5O.ClH/c13-7-1-3-8(4-2-7)21-10(12(14,15)16)9(19-20-21)11(22)18-6-5-17;/h1-4H,5-6,17H2,(H,18,22);1H. The van der Waals surface area contributed by atoms with Crippen LogP contribution < -0.4 is 11.1 Å². The number of rotatable bonds is 4. The van der Waals surface area contributed by atoms with E-state index in [-0.39, 0.29) is 31.2 Å². The van der Waals surface area contributed by atoms with Gasteiger partial charge in [-0.1, -0.05) is 21.1 Å². The highest BCUT2D eigenvalue weighted by atomic mass is 79.9. The van der Waals surface area contributed by atoms with Crippen LogP contribution in [0.3, 0.4) is 0 Å². The van der Waals surface area contributed by atoms with Gasteiger partial charge in [-0.15, -0.1) is 17.5 Å². The molecule has 0 fully saturated rings. The summed E-state index contributed by atoms with van der Waals surface area (Å²) >= 11 is 3.19. The molecule has 23 heavy (non-hydrogen) atoms. The Balaban J connectivity index is 0.00000264. The number of alkyl halides is 3. The fourth-order valence-corrected chi connectivity index (χ4v) is 1.99. The SMILES string of the molecule is Cl.NCCNC(=O)c1nnn(-c2ccc(Br)cc2)c1C(F)(F)F. The highest BCUT2D eigenvalue weighted by Gasteiger charge is 2.41. The molecule has 0 aliphatic heterocycles. The summed E-state index contributed by atoms with van der Waals surface area (Å²) in [6.45, 7) is 0.148. The quantitative estimate of drug-likeness (QED) is 0.803. The lowest BCUT2D eigenvalue weighted by Gasteiger charge is -2.11. The first-order valence-corrected chi connectivity index (χ1v) is 6.91. The molecule has 1 aromatic heterocycles. The molecule has 2 rings (SSSR count). The summed E-state index contributed by atoms with van der Waals surface area (Å²) in [5.41, 5.74) is 3.33. The van der Waals surface area contributed by atoms with Gasteiger partial charge in [0.15, 0.2) is 11.4 Å². The van der Waals surface area contributed by atoms with Crippen LogP contribution in [0.1, 0.15) is 16.2 Å². The van der Waals surface area contributed by atoms with Crippen LogP contribution in [0.5, 0.6) is 0 Å². The van der Waals surface area contributed by atoms with Gasteiger partial charge in [0.1, 0.15) is 0 Å². The zero-order chi connectivity index (χ0) is 16.3. The largest absolute Gasteiger partial charge is 0.435 e. The Morgan fingerprint density at radius 1 is 1.30 bits per heavy atom. The third-order valence-electron chi connectivity index (χ3n) is 2.65. The molecule has 1 heterocycles. The molecule has 0 radical (unpaired) electrons.